The first-order chi connectivity index (χ1) is 3.18. The summed E-state index contributed by atoms with van der Waals surface area (Å²) in [5.74, 6) is -0.873. The fourth-order valence-corrected chi connectivity index (χ4v) is 0.593. The van der Waals surface area contributed by atoms with Crippen LogP contribution in [0.1, 0.15) is 0 Å². The van der Waals surface area contributed by atoms with Crippen molar-refractivity contribution in [3.05, 3.63) is 12.2 Å². The molecular weight excluding hydrogens is 289 g/mol. The van der Waals surface area contributed by atoms with Gasteiger partial charge in [0.05, 0.1) is 0 Å². The molecule has 3 heteroatoms. The third-order valence-corrected chi connectivity index (χ3v) is 1.98. The van der Waals surface area contributed by atoms with Crippen molar-refractivity contribution in [3.8, 4) is 0 Å². The Kier molecular flexibility index (Phi) is 3.20. The molecule has 0 aromatic heterocycles. The first-order valence-corrected chi connectivity index (χ1v) is 4.16. The molecule has 0 radical (unpaired) electrons. The average molecular weight is 295 g/mol. The van der Waals surface area contributed by atoms with Gasteiger partial charge in [-0.2, -0.15) is 0 Å². The van der Waals surface area contributed by atoms with E-state index in [1.165, 1.54) is 0 Å². The molecular formula is C4H6O2Po. The van der Waals surface area contributed by atoms with Crippen LogP contribution in [0, 0.1) is 0 Å². The van der Waals surface area contributed by atoms with Crippen molar-refractivity contribution in [1.29, 1.82) is 0 Å². The van der Waals surface area contributed by atoms with Crippen LogP contribution in [0.2, 0.25) is 4.08 Å². The van der Waals surface area contributed by atoms with Crippen LogP contribution in [0.25, 0.3) is 0 Å². The second-order valence-corrected chi connectivity index (χ2v) is 2.30. The number of carboxylic acid groups (broad SMARTS) is 1. The molecule has 0 fully saturated rings. The molecule has 0 saturated heterocycles. The summed E-state index contributed by atoms with van der Waals surface area (Å²) in [4.78, 5) is 9.85. The van der Waals surface area contributed by atoms with Gasteiger partial charge in [0.1, 0.15) is 0 Å². The van der Waals surface area contributed by atoms with Crippen molar-refractivity contribution in [2.24, 2.45) is 0 Å². The van der Waals surface area contributed by atoms with Crippen LogP contribution in [-0.4, -0.2) is 36.1 Å². The summed E-state index contributed by atoms with van der Waals surface area (Å²) in [6.45, 7) is 3.30. The van der Waals surface area contributed by atoms with E-state index < -0.39 is 5.97 Å². The fraction of sp³-hybridized carbons (Fsp3) is 0.250. The molecule has 40 valence electrons. The normalized spacial score (nSPS) is 8.14. The molecule has 0 aliphatic carbocycles. The van der Waals surface area contributed by atoms with E-state index in [0.717, 1.165) is 25.1 Å². The molecule has 2 nitrogen and oxygen atoms in total. The molecule has 0 saturated carbocycles. The summed E-state index contributed by atoms with van der Waals surface area (Å²) in [5, 5.41) is 8.10. The Morgan fingerprint density at radius 1 is 1.86 bits per heavy atom. The van der Waals surface area contributed by atoms with Crippen LogP contribution in [0.4, 0.5) is 0 Å². The van der Waals surface area contributed by atoms with E-state index in [1.54, 1.807) is 0 Å². The zero-order chi connectivity index (χ0) is 5.86. The summed E-state index contributed by atoms with van der Waals surface area (Å²) < 4.78 is 0.634. The predicted octanol–water partition coefficient (Wildman–Crippen LogP) is -0.0537. The summed E-state index contributed by atoms with van der Waals surface area (Å²) in [6.07, 6.45) is 0. The standard InChI is InChI=1S/C4H5O2.Po.H/c1-3(2)4(5)6;;/h1-2H2,(H,5,6);;. The number of hydrogen-bond acceptors (Lipinski definition) is 1. The number of rotatable bonds is 2. The minimum atomic E-state index is -0.873. The fourth-order valence-electron chi connectivity index (χ4n) is 0.0676. The van der Waals surface area contributed by atoms with Crippen LogP contribution in [0.15, 0.2) is 12.2 Å². The van der Waals surface area contributed by atoms with E-state index >= 15 is 0 Å². The third-order valence-electron chi connectivity index (χ3n) is 0.493. The predicted molar refractivity (Wildman–Crippen MR) is 28.7 cm³/mol. The SMILES string of the molecule is C=C([CH2][PoH])C(=O)O. The Morgan fingerprint density at radius 3 is 2.29 bits per heavy atom. The van der Waals surface area contributed by atoms with Crippen LogP contribution in [0.5, 0.6) is 0 Å². The molecule has 0 atom stereocenters. The van der Waals surface area contributed by atoms with Crippen molar-refractivity contribution in [2.45, 2.75) is 4.08 Å². The van der Waals surface area contributed by atoms with E-state index in [9.17, 15) is 4.79 Å². The Morgan fingerprint density at radius 2 is 2.29 bits per heavy atom. The van der Waals surface area contributed by atoms with Crippen molar-refractivity contribution in [3.63, 3.8) is 0 Å². The Hall–Kier alpha value is 0.106. The zero-order valence-electron chi connectivity index (χ0n) is 3.72. The van der Waals surface area contributed by atoms with Crippen LogP contribution >= 0.6 is 0 Å². The summed E-state index contributed by atoms with van der Waals surface area (Å²) in [5.41, 5.74) is 0.313. The molecule has 0 aliphatic heterocycles. The molecule has 0 rings (SSSR count). The molecule has 0 aliphatic rings. The van der Waals surface area contributed by atoms with E-state index in [1.807, 2.05) is 0 Å². The molecule has 1 N–H and O–H groups in total. The summed E-state index contributed by atoms with van der Waals surface area (Å²) in [7, 11) is 0. The molecule has 0 aromatic carbocycles. The van der Waals surface area contributed by atoms with Crippen molar-refractivity contribution >= 4 is 31.0 Å². The van der Waals surface area contributed by atoms with Crippen LogP contribution in [-0.2, 0) is 4.79 Å². The maximum atomic E-state index is 9.85. The number of hydrogen-bond donors (Lipinski definition) is 1. The van der Waals surface area contributed by atoms with Gasteiger partial charge in [-0.1, -0.05) is 0 Å². The zero-order valence-corrected chi connectivity index (χ0v) is 7.19. The van der Waals surface area contributed by atoms with Crippen molar-refractivity contribution < 1.29 is 9.90 Å². The van der Waals surface area contributed by atoms with Crippen molar-refractivity contribution in [2.75, 3.05) is 0 Å². The van der Waals surface area contributed by atoms with E-state index in [2.05, 4.69) is 6.58 Å². The maximum absolute atomic E-state index is 9.85. The first kappa shape index (κ1) is 7.11. The first-order valence-electron chi connectivity index (χ1n) is 1.70. The minimum absolute atomic E-state index is 0.313. The van der Waals surface area contributed by atoms with Crippen molar-refractivity contribution in [1.82, 2.24) is 0 Å². The van der Waals surface area contributed by atoms with Gasteiger partial charge in [-0.3, -0.25) is 0 Å². The average Bonchev–Trinajstić information content (AvgIpc) is 1.65. The van der Waals surface area contributed by atoms with Gasteiger partial charge in [0.15, 0.2) is 0 Å². The van der Waals surface area contributed by atoms with Gasteiger partial charge >= 0.3 is 57.2 Å². The van der Waals surface area contributed by atoms with E-state index in [0.29, 0.717) is 9.65 Å². The molecule has 0 bridgehead atoms. The second kappa shape index (κ2) is 3.15. The van der Waals surface area contributed by atoms with E-state index in [4.69, 9.17) is 5.11 Å². The summed E-state index contributed by atoms with van der Waals surface area (Å²) >= 11 is 1.06. The van der Waals surface area contributed by atoms with Gasteiger partial charge in [-0.15, -0.1) is 0 Å². The molecule has 0 amide bonds. The van der Waals surface area contributed by atoms with Crippen LogP contribution in [0.3, 0.4) is 0 Å². The molecule has 0 aromatic rings. The summed E-state index contributed by atoms with van der Waals surface area (Å²) in [6, 6.07) is 0. The molecule has 7 heavy (non-hydrogen) atoms. The molecule has 0 spiro atoms. The number of carboxylic acids is 1. The number of aliphatic carboxylic acids is 1. The quantitative estimate of drug-likeness (QED) is 0.725. The number of carbonyl (C=O) groups is 1. The topological polar surface area (TPSA) is 37.3 Å². The Balaban J connectivity index is 3.58. The molecule has 0 unspecified atom stereocenters. The van der Waals surface area contributed by atoms with Gasteiger partial charge in [0.2, 0.25) is 0 Å². The third kappa shape index (κ3) is 2.76. The van der Waals surface area contributed by atoms with Gasteiger partial charge < -0.3 is 0 Å². The van der Waals surface area contributed by atoms with Crippen LogP contribution < -0.4 is 0 Å². The second-order valence-electron chi connectivity index (χ2n) is 1.07. The monoisotopic (exact) mass is 295 g/mol. The van der Waals surface area contributed by atoms with Gasteiger partial charge in [-0.25, -0.2) is 0 Å². The Bertz CT molecular complexity index is 97.9. The molecule has 0 heterocycles. The Labute approximate surface area is 57.3 Å². The van der Waals surface area contributed by atoms with Gasteiger partial charge in [-0.05, 0) is 0 Å². The van der Waals surface area contributed by atoms with Gasteiger partial charge in [0.25, 0.3) is 0 Å². The van der Waals surface area contributed by atoms with Gasteiger partial charge in [0, 0.05) is 0 Å². The van der Waals surface area contributed by atoms with E-state index in [-0.39, 0.29) is 0 Å².